The molecule has 0 spiro atoms. The number of carbonyl (C=O) groups excluding carboxylic acids is 2. The zero-order chi connectivity index (χ0) is 24.6. The van der Waals surface area contributed by atoms with Crippen molar-refractivity contribution in [3.8, 4) is 0 Å². The Balaban J connectivity index is 1.57. The van der Waals surface area contributed by atoms with Crippen molar-refractivity contribution < 1.29 is 24.2 Å². The zero-order valence-corrected chi connectivity index (χ0v) is 20.7. The second kappa shape index (κ2) is 9.03. The van der Waals surface area contributed by atoms with Crippen LogP contribution in [0.1, 0.15) is 48.5 Å². The van der Waals surface area contributed by atoms with Crippen molar-refractivity contribution in [3.63, 3.8) is 0 Å². The van der Waals surface area contributed by atoms with Crippen LogP contribution in [0.25, 0.3) is 0 Å². The third kappa shape index (κ3) is 4.24. The summed E-state index contributed by atoms with van der Waals surface area (Å²) >= 11 is 0. The second-order valence-corrected chi connectivity index (χ2v) is 10.1. The van der Waals surface area contributed by atoms with Gasteiger partial charge in [0.25, 0.3) is 0 Å². The average molecular weight is 453 g/mol. The molecule has 0 aromatic rings. The van der Waals surface area contributed by atoms with Gasteiger partial charge < -0.3 is 14.6 Å². The fraction of sp³-hybridized carbons (Fsp3) is 0.500. The fourth-order valence-corrected chi connectivity index (χ4v) is 5.24. The number of rotatable bonds is 6. The summed E-state index contributed by atoms with van der Waals surface area (Å²) in [6, 6.07) is 0. The van der Waals surface area contributed by atoms with Gasteiger partial charge in [-0.05, 0) is 51.8 Å². The largest absolute Gasteiger partial charge is 0.460 e. The lowest BCUT2D eigenvalue weighted by Gasteiger charge is -2.38. The molecule has 178 valence electrons. The Morgan fingerprint density at radius 3 is 2.18 bits per heavy atom. The van der Waals surface area contributed by atoms with Crippen molar-refractivity contribution in [2.75, 3.05) is 0 Å². The summed E-state index contributed by atoms with van der Waals surface area (Å²) in [5.74, 6) is -0.728. The molecule has 2 aliphatic heterocycles. The van der Waals surface area contributed by atoms with Crippen LogP contribution in [-0.4, -0.2) is 40.8 Å². The van der Waals surface area contributed by atoms with Crippen molar-refractivity contribution >= 4 is 11.8 Å². The minimum absolute atomic E-state index is 0.0177. The van der Waals surface area contributed by atoms with E-state index in [0.717, 1.165) is 11.1 Å². The van der Waals surface area contributed by atoms with Crippen molar-refractivity contribution in [2.24, 2.45) is 16.7 Å². The van der Waals surface area contributed by atoms with Gasteiger partial charge in [-0.15, -0.1) is 0 Å². The Labute approximate surface area is 197 Å². The van der Waals surface area contributed by atoms with Crippen LogP contribution >= 0.6 is 0 Å². The smallest absolute Gasteiger partial charge is 0.320 e. The highest BCUT2D eigenvalue weighted by atomic mass is 16.6. The quantitative estimate of drug-likeness (QED) is 0.271. The fourth-order valence-electron chi connectivity index (χ4n) is 5.24. The van der Waals surface area contributed by atoms with Gasteiger partial charge in [-0.25, -0.2) is 0 Å². The van der Waals surface area contributed by atoms with Gasteiger partial charge in [-0.2, -0.15) is 0 Å². The van der Waals surface area contributed by atoms with Crippen LogP contribution in [0.3, 0.4) is 0 Å². The maximum atomic E-state index is 12.6. The molecular weight excluding hydrogens is 416 g/mol. The monoisotopic (exact) mass is 452 g/mol. The van der Waals surface area contributed by atoms with Gasteiger partial charge in [0, 0.05) is 5.41 Å². The minimum atomic E-state index is -1.11. The number of ketones is 1. The predicted octanol–water partition coefficient (Wildman–Crippen LogP) is 4.80. The molecule has 1 aliphatic carbocycles. The second-order valence-electron chi connectivity index (χ2n) is 10.1. The van der Waals surface area contributed by atoms with Gasteiger partial charge in [0.1, 0.15) is 23.2 Å². The maximum Gasteiger partial charge on any atom is 0.320 e. The lowest BCUT2D eigenvalue weighted by molar-refractivity contribution is -0.161. The molecule has 2 fully saturated rings. The summed E-state index contributed by atoms with van der Waals surface area (Å²) in [7, 11) is 0. The highest BCUT2D eigenvalue weighted by Gasteiger charge is 2.73. The number of Topliss-reactive ketones (excluding diaryl/α,β-unsaturated/α-hetero) is 1. The third-order valence-corrected chi connectivity index (χ3v) is 7.59. The van der Waals surface area contributed by atoms with E-state index in [0.29, 0.717) is 0 Å². The van der Waals surface area contributed by atoms with E-state index in [9.17, 15) is 14.7 Å². The Morgan fingerprint density at radius 2 is 1.58 bits per heavy atom. The van der Waals surface area contributed by atoms with Gasteiger partial charge in [0.2, 0.25) is 0 Å². The van der Waals surface area contributed by atoms with Crippen LogP contribution in [0.4, 0.5) is 0 Å². The molecular formula is C28H36O5. The van der Waals surface area contributed by atoms with Gasteiger partial charge in [0.05, 0.1) is 12.0 Å². The van der Waals surface area contributed by atoms with E-state index in [4.69, 9.17) is 9.47 Å². The molecule has 0 aromatic heterocycles. The van der Waals surface area contributed by atoms with Crippen molar-refractivity contribution in [3.05, 3.63) is 71.9 Å². The predicted molar refractivity (Wildman–Crippen MR) is 129 cm³/mol. The lowest BCUT2D eigenvalue weighted by Crippen LogP contribution is -2.46. The summed E-state index contributed by atoms with van der Waals surface area (Å²) in [6.45, 7) is 13.1. The van der Waals surface area contributed by atoms with Crippen LogP contribution in [0.2, 0.25) is 0 Å². The number of fused-ring (bicyclic) bond motifs is 2. The molecule has 0 radical (unpaired) electrons. The SMILES string of the molecule is CC1=CC(C)(O)C(C(C)=CC=CC=CC=CC=CC2(C)C3OC(=O)C2(C)C(=O)C3C)OC1C. The molecule has 33 heavy (non-hydrogen) atoms. The molecule has 0 aromatic carbocycles. The Morgan fingerprint density at radius 1 is 1.00 bits per heavy atom. The van der Waals surface area contributed by atoms with E-state index in [1.807, 2.05) is 95.4 Å². The molecule has 0 amide bonds. The number of carbonyl (C=O) groups is 2. The molecule has 5 heteroatoms. The van der Waals surface area contributed by atoms with Crippen LogP contribution in [0.5, 0.6) is 0 Å². The number of hydrogen-bond acceptors (Lipinski definition) is 5. The molecule has 2 heterocycles. The molecule has 7 atom stereocenters. The van der Waals surface area contributed by atoms with Crippen LogP contribution < -0.4 is 0 Å². The topological polar surface area (TPSA) is 72.8 Å². The number of allylic oxidation sites excluding steroid dienone is 8. The lowest BCUT2D eigenvalue weighted by atomic mass is 9.68. The number of hydrogen-bond donors (Lipinski definition) is 1. The van der Waals surface area contributed by atoms with E-state index in [2.05, 4.69) is 0 Å². The van der Waals surface area contributed by atoms with E-state index in [1.165, 1.54) is 0 Å². The van der Waals surface area contributed by atoms with Gasteiger partial charge in [-0.1, -0.05) is 68.5 Å². The standard InChI is InChI=1S/C28H36O5/c1-18(23-27(6,31)17-19(2)21(4)32-23)15-13-11-9-8-10-12-14-16-26(5)24-20(3)22(29)28(26,7)25(30)33-24/h8-17,20-21,23-24,31H,1-7H3. The molecule has 1 N–H and O–H groups in total. The Kier molecular flexibility index (Phi) is 6.88. The summed E-state index contributed by atoms with van der Waals surface area (Å²) in [5.41, 5.74) is -0.784. The van der Waals surface area contributed by atoms with Gasteiger partial charge in [-0.3, -0.25) is 9.59 Å². The first-order valence-electron chi connectivity index (χ1n) is 11.5. The van der Waals surface area contributed by atoms with E-state index in [-0.39, 0.29) is 23.9 Å². The van der Waals surface area contributed by atoms with Crippen molar-refractivity contribution in [1.82, 2.24) is 0 Å². The molecule has 3 rings (SSSR count). The van der Waals surface area contributed by atoms with E-state index >= 15 is 0 Å². The van der Waals surface area contributed by atoms with Gasteiger partial charge >= 0.3 is 5.97 Å². The first kappa shape index (κ1) is 25.1. The first-order valence-corrected chi connectivity index (χ1v) is 11.5. The number of esters is 1. The molecule has 1 saturated carbocycles. The van der Waals surface area contributed by atoms with E-state index in [1.54, 1.807) is 13.8 Å². The summed E-state index contributed by atoms with van der Waals surface area (Å²) in [6.07, 6.45) is 18.2. The van der Waals surface area contributed by atoms with Crippen LogP contribution in [0.15, 0.2) is 71.9 Å². The number of ether oxygens (including phenoxy) is 2. The molecule has 2 bridgehead atoms. The average Bonchev–Trinajstić information content (AvgIpc) is 3.02. The van der Waals surface area contributed by atoms with Crippen LogP contribution in [-0.2, 0) is 19.1 Å². The highest BCUT2D eigenvalue weighted by molar-refractivity contribution is 6.10. The minimum Gasteiger partial charge on any atom is -0.460 e. The Bertz CT molecular complexity index is 992. The molecule has 7 unspecified atom stereocenters. The Hall–Kier alpha value is -2.50. The van der Waals surface area contributed by atoms with Crippen LogP contribution in [0, 0.1) is 16.7 Å². The molecule has 5 nitrogen and oxygen atoms in total. The summed E-state index contributed by atoms with van der Waals surface area (Å²) in [4.78, 5) is 24.8. The summed E-state index contributed by atoms with van der Waals surface area (Å²) in [5, 5.41) is 10.7. The van der Waals surface area contributed by atoms with Crippen molar-refractivity contribution in [1.29, 1.82) is 0 Å². The number of aliphatic hydroxyl groups is 1. The highest BCUT2D eigenvalue weighted by Crippen LogP contribution is 2.60. The normalized spacial score (nSPS) is 41.8. The first-order chi connectivity index (χ1) is 15.4. The zero-order valence-electron chi connectivity index (χ0n) is 20.7. The van der Waals surface area contributed by atoms with E-state index < -0.39 is 28.5 Å². The van der Waals surface area contributed by atoms with Gasteiger partial charge in [0.15, 0.2) is 5.78 Å². The van der Waals surface area contributed by atoms with Crippen molar-refractivity contribution in [2.45, 2.75) is 72.4 Å². The molecule has 3 aliphatic rings. The maximum absolute atomic E-state index is 12.6. The molecule has 1 saturated heterocycles. The summed E-state index contributed by atoms with van der Waals surface area (Å²) < 4.78 is 11.5. The third-order valence-electron chi connectivity index (χ3n) is 7.59.